The van der Waals surface area contributed by atoms with Crippen LogP contribution in [0.4, 0.5) is 0 Å². The molecule has 0 fully saturated rings. The molecular formula is C22H26O5. The summed E-state index contributed by atoms with van der Waals surface area (Å²) in [5, 5.41) is 9.59. The number of carbonyl (C=O) groups excluding carboxylic acids is 1. The van der Waals surface area contributed by atoms with E-state index in [0.29, 0.717) is 18.8 Å². The topological polar surface area (TPSA) is 72.8 Å². The van der Waals surface area contributed by atoms with Crippen LogP contribution in [0.15, 0.2) is 54.6 Å². The number of ether oxygens (including phenoxy) is 2. The van der Waals surface area contributed by atoms with Crippen molar-refractivity contribution in [2.45, 2.75) is 46.3 Å². The highest BCUT2D eigenvalue weighted by Crippen LogP contribution is 2.27. The average Bonchev–Trinajstić information content (AvgIpc) is 2.67. The highest BCUT2D eigenvalue weighted by Gasteiger charge is 2.43. The van der Waals surface area contributed by atoms with E-state index in [2.05, 4.69) is 0 Å². The number of esters is 1. The maximum Gasteiger partial charge on any atom is 0.323 e. The number of carboxylic acid groups (broad SMARTS) is 1. The van der Waals surface area contributed by atoms with Crippen LogP contribution in [0.25, 0.3) is 0 Å². The lowest BCUT2D eigenvalue weighted by Gasteiger charge is -2.25. The first kappa shape index (κ1) is 20.5. The second-order valence-corrected chi connectivity index (χ2v) is 6.86. The summed E-state index contributed by atoms with van der Waals surface area (Å²) in [6.07, 6.45) is 0.371. The van der Waals surface area contributed by atoms with Crippen molar-refractivity contribution in [3.05, 3.63) is 65.7 Å². The summed E-state index contributed by atoms with van der Waals surface area (Å²) in [7, 11) is 0. The van der Waals surface area contributed by atoms with Crippen molar-refractivity contribution in [1.29, 1.82) is 0 Å². The second-order valence-electron chi connectivity index (χ2n) is 6.86. The molecule has 0 radical (unpaired) electrons. The fraction of sp³-hybridized carbons (Fsp3) is 0.364. The predicted molar refractivity (Wildman–Crippen MR) is 103 cm³/mol. The molecule has 0 aliphatic heterocycles. The number of aliphatic carboxylic acids is 1. The molecule has 1 N–H and O–H groups in total. The molecule has 5 heteroatoms. The van der Waals surface area contributed by atoms with Gasteiger partial charge >= 0.3 is 11.9 Å². The molecule has 2 aromatic rings. The molecule has 2 unspecified atom stereocenters. The van der Waals surface area contributed by atoms with Crippen molar-refractivity contribution in [3.8, 4) is 5.75 Å². The van der Waals surface area contributed by atoms with Crippen LogP contribution in [0.1, 0.15) is 38.3 Å². The number of carbonyl (C=O) groups is 2. The van der Waals surface area contributed by atoms with E-state index >= 15 is 0 Å². The summed E-state index contributed by atoms with van der Waals surface area (Å²) >= 11 is 0. The Hall–Kier alpha value is -2.82. The SMILES string of the molecule is CCC(C)OC(=O)C(C)(Cc1ccc(OCc2ccccc2)cc1)C(=O)O. The molecule has 2 aromatic carbocycles. The first-order valence-corrected chi connectivity index (χ1v) is 9.05. The zero-order valence-corrected chi connectivity index (χ0v) is 16.0. The van der Waals surface area contributed by atoms with Crippen molar-refractivity contribution in [2.75, 3.05) is 0 Å². The van der Waals surface area contributed by atoms with Gasteiger partial charge in [-0.2, -0.15) is 0 Å². The maximum atomic E-state index is 12.4. The van der Waals surface area contributed by atoms with E-state index in [4.69, 9.17) is 9.47 Å². The molecule has 0 heterocycles. The number of rotatable bonds is 9. The fourth-order valence-electron chi connectivity index (χ4n) is 2.48. The Morgan fingerprint density at radius 1 is 1.04 bits per heavy atom. The first-order chi connectivity index (χ1) is 12.8. The number of hydrogen-bond donors (Lipinski definition) is 1. The fourth-order valence-corrected chi connectivity index (χ4v) is 2.48. The van der Waals surface area contributed by atoms with Crippen LogP contribution in [0.5, 0.6) is 5.75 Å². The summed E-state index contributed by atoms with van der Waals surface area (Å²) in [6, 6.07) is 16.9. The Bertz CT molecular complexity index is 754. The molecule has 0 saturated carbocycles. The van der Waals surface area contributed by atoms with Crippen LogP contribution < -0.4 is 4.74 Å². The maximum absolute atomic E-state index is 12.4. The quantitative estimate of drug-likeness (QED) is 0.528. The van der Waals surface area contributed by atoms with E-state index in [9.17, 15) is 14.7 Å². The highest BCUT2D eigenvalue weighted by molar-refractivity contribution is 5.99. The van der Waals surface area contributed by atoms with E-state index in [0.717, 1.165) is 11.1 Å². The van der Waals surface area contributed by atoms with Crippen molar-refractivity contribution in [1.82, 2.24) is 0 Å². The monoisotopic (exact) mass is 370 g/mol. The van der Waals surface area contributed by atoms with Gasteiger partial charge in [0.2, 0.25) is 0 Å². The Labute approximate surface area is 159 Å². The van der Waals surface area contributed by atoms with E-state index in [-0.39, 0.29) is 12.5 Å². The molecule has 2 atom stereocenters. The molecule has 2 rings (SSSR count). The van der Waals surface area contributed by atoms with Crippen LogP contribution in [0.3, 0.4) is 0 Å². The van der Waals surface area contributed by atoms with Crippen LogP contribution in [-0.4, -0.2) is 23.1 Å². The van der Waals surface area contributed by atoms with Gasteiger partial charge in [-0.3, -0.25) is 9.59 Å². The molecule has 27 heavy (non-hydrogen) atoms. The highest BCUT2D eigenvalue weighted by atomic mass is 16.5. The summed E-state index contributed by atoms with van der Waals surface area (Å²) < 4.78 is 11.0. The predicted octanol–water partition coefficient (Wildman–Crippen LogP) is 4.24. The first-order valence-electron chi connectivity index (χ1n) is 9.05. The van der Waals surface area contributed by atoms with Gasteiger partial charge in [0.05, 0.1) is 6.10 Å². The van der Waals surface area contributed by atoms with Crippen LogP contribution in [0.2, 0.25) is 0 Å². The lowest BCUT2D eigenvalue weighted by atomic mass is 9.83. The third kappa shape index (κ3) is 5.58. The summed E-state index contributed by atoms with van der Waals surface area (Å²) in [4.78, 5) is 24.1. The van der Waals surface area contributed by atoms with Gasteiger partial charge in [0.25, 0.3) is 0 Å². The third-order valence-corrected chi connectivity index (χ3v) is 4.54. The normalized spacial score (nSPS) is 14.0. The Balaban J connectivity index is 2.03. The minimum Gasteiger partial charge on any atom is -0.489 e. The lowest BCUT2D eigenvalue weighted by Crippen LogP contribution is -2.41. The molecule has 0 saturated heterocycles. The van der Waals surface area contributed by atoms with Gasteiger partial charge in [-0.05, 0) is 49.9 Å². The smallest absolute Gasteiger partial charge is 0.323 e. The summed E-state index contributed by atoms with van der Waals surface area (Å²) in [5.74, 6) is -1.23. The zero-order valence-electron chi connectivity index (χ0n) is 16.0. The molecule has 5 nitrogen and oxygen atoms in total. The van der Waals surface area contributed by atoms with Crippen LogP contribution in [0, 0.1) is 5.41 Å². The van der Waals surface area contributed by atoms with Gasteiger partial charge in [-0.25, -0.2) is 0 Å². The molecule has 144 valence electrons. The average molecular weight is 370 g/mol. The minimum absolute atomic E-state index is 0.0521. The molecular weight excluding hydrogens is 344 g/mol. The molecule has 0 bridgehead atoms. The summed E-state index contributed by atoms with van der Waals surface area (Å²) in [6.45, 7) is 5.48. The van der Waals surface area contributed by atoms with Gasteiger partial charge in [0, 0.05) is 0 Å². The molecule has 0 aliphatic carbocycles. The second kappa shape index (κ2) is 9.21. The third-order valence-electron chi connectivity index (χ3n) is 4.54. The van der Waals surface area contributed by atoms with Crippen molar-refractivity contribution < 1.29 is 24.2 Å². The van der Waals surface area contributed by atoms with Gasteiger partial charge in [0.1, 0.15) is 12.4 Å². The standard InChI is InChI=1S/C22H26O5/c1-4-16(2)27-21(25)22(3,20(23)24)14-17-10-12-19(13-11-17)26-15-18-8-6-5-7-9-18/h5-13,16H,4,14-15H2,1-3H3,(H,23,24). The Morgan fingerprint density at radius 3 is 2.22 bits per heavy atom. The minimum atomic E-state index is -1.63. The van der Waals surface area contributed by atoms with Gasteiger partial charge < -0.3 is 14.6 Å². The Kier molecular flexibility index (Phi) is 6.99. The van der Waals surface area contributed by atoms with E-state index in [1.54, 1.807) is 31.2 Å². The zero-order chi connectivity index (χ0) is 19.9. The molecule has 0 aliphatic rings. The number of benzene rings is 2. The van der Waals surface area contributed by atoms with Crippen LogP contribution >= 0.6 is 0 Å². The van der Waals surface area contributed by atoms with Crippen LogP contribution in [-0.2, 0) is 27.4 Å². The van der Waals surface area contributed by atoms with E-state index in [1.807, 2.05) is 37.3 Å². The van der Waals surface area contributed by atoms with E-state index in [1.165, 1.54) is 6.92 Å². The van der Waals surface area contributed by atoms with Crippen molar-refractivity contribution in [2.24, 2.45) is 5.41 Å². The molecule has 0 aromatic heterocycles. The Morgan fingerprint density at radius 2 is 1.67 bits per heavy atom. The summed E-state index contributed by atoms with van der Waals surface area (Å²) in [5.41, 5.74) is 0.163. The van der Waals surface area contributed by atoms with Crippen molar-refractivity contribution >= 4 is 11.9 Å². The van der Waals surface area contributed by atoms with Gasteiger partial charge in [-0.15, -0.1) is 0 Å². The molecule has 0 amide bonds. The lowest BCUT2D eigenvalue weighted by molar-refractivity contribution is -0.170. The van der Waals surface area contributed by atoms with Crippen molar-refractivity contribution in [3.63, 3.8) is 0 Å². The van der Waals surface area contributed by atoms with E-state index < -0.39 is 17.4 Å². The van der Waals surface area contributed by atoms with Gasteiger partial charge in [0.15, 0.2) is 5.41 Å². The largest absolute Gasteiger partial charge is 0.489 e. The number of carboxylic acids is 1. The number of hydrogen-bond acceptors (Lipinski definition) is 4. The van der Waals surface area contributed by atoms with Gasteiger partial charge in [-0.1, -0.05) is 49.4 Å². The molecule has 0 spiro atoms.